The molecule has 0 saturated carbocycles. The number of aromatic nitrogens is 1. The minimum absolute atomic E-state index is 0.889. The maximum atomic E-state index is 6.60. The lowest BCUT2D eigenvalue weighted by Crippen LogP contribution is -2.11. The topological polar surface area (TPSA) is 21.3 Å². The molecule has 3 heteroatoms. The highest BCUT2D eigenvalue weighted by atomic mass is 16.3. The smallest absolute Gasteiger partial charge is 0.143 e. The van der Waals surface area contributed by atoms with E-state index in [0.717, 1.165) is 61.2 Å². The number of hydrogen-bond acceptors (Lipinski definition) is 2. The van der Waals surface area contributed by atoms with Gasteiger partial charge in [0.15, 0.2) is 0 Å². The number of para-hydroxylation sites is 2. The first kappa shape index (κ1) is 31.2. The van der Waals surface area contributed by atoms with Gasteiger partial charge in [-0.05, 0) is 94.4 Å². The second-order valence-corrected chi connectivity index (χ2v) is 14.1. The fourth-order valence-corrected chi connectivity index (χ4v) is 8.48. The summed E-state index contributed by atoms with van der Waals surface area (Å²) in [5.74, 6) is 0. The van der Waals surface area contributed by atoms with Gasteiger partial charge in [-0.2, -0.15) is 0 Å². The molecule has 11 aromatic rings. The molecule has 55 heavy (non-hydrogen) atoms. The zero-order chi connectivity index (χ0) is 36.3. The molecule has 9 aromatic carbocycles. The van der Waals surface area contributed by atoms with Crippen molar-refractivity contribution in [2.75, 3.05) is 4.90 Å². The Labute approximate surface area is 318 Å². The molecule has 0 N–H and O–H groups in total. The molecule has 0 aliphatic heterocycles. The first-order valence-electron chi connectivity index (χ1n) is 18.8. The van der Waals surface area contributed by atoms with E-state index in [1.54, 1.807) is 0 Å². The van der Waals surface area contributed by atoms with E-state index >= 15 is 0 Å². The highest BCUT2D eigenvalue weighted by Gasteiger charge is 2.19. The van der Waals surface area contributed by atoms with Crippen molar-refractivity contribution >= 4 is 71.6 Å². The Morgan fingerprint density at radius 2 is 0.964 bits per heavy atom. The lowest BCUT2D eigenvalue weighted by Gasteiger charge is -2.27. The van der Waals surface area contributed by atoms with E-state index in [-0.39, 0.29) is 0 Å². The van der Waals surface area contributed by atoms with Gasteiger partial charge in [-0.1, -0.05) is 140 Å². The Balaban J connectivity index is 1.12. The van der Waals surface area contributed by atoms with Crippen molar-refractivity contribution in [3.8, 4) is 27.9 Å². The van der Waals surface area contributed by atoms with Gasteiger partial charge in [-0.15, -0.1) is 0 Å². The first-order chi connectivity index (χ1) is 27.3. The van der Waals surface area contributed by atoms with E-state index in [1.165, 1.54) is 38.3 Å². The summed E-state index contributed by atoms with van der Waals surface area (Å²) in [5.41, 5.74) is 13.1. The van der Waals surface area contributed by atoms with Crippen molar-refractivity contribution in [2.45, 2.75) is 0 Å². The third kappa shape index (κ3) is 5.13. The fourth-order valence-electron chi connectivity index (χ4n) is 8.48. The molecule has 2 aromatic heterocycles. The number of fused-ring (bicyclic) bond motifs is 8. The zero-order valence-corrected chi connectivity index (χ0v) is 29.9. The molecule has 0 fully saturated rings. The van der Waals surface area contributed by atoms with Crippen LogP contribution in [0, 0.1) is 0 Å². The van der Waals surface area contributed by atoms with Gasteiger partial charge in [-0.3, -0.25) is 0 Å². The molecule has 0 saturated heterocycles. The molecule has 2 heterocycles. The summed E-state index contributed by atoms with van der Waals surface area (Å²) in [4.78, 5) is 2.38. The predicted octanol–water partition coefficient (Wildman–Crippen LogP) is 14.6. The van der Waals surface area contributed by atoms with Gasteiger partial charge < -0.3 is 13.9 Å². The third-order valence-corrected chi connectivity index (χ3v) is 10.9. The SMILES string of the molecule is c1ccc(-c2cccc(N(c3cccc(-c4cccc5oc6c7ccccc7ccc6c45)c3)c3cccc(-n4c5ccccc5c5ccccc54)c3)c2)cc1. The van der Waals surface area contributed by atoms with Crippen LogP contribution in [0.2, 0.25) is 0 Å². The number of hydrogen-bond donors (Lipinski definition) is 0. The van der Waals surface area contributed by atoms with Crippen LogP contribution in [-0.4, -0.2) is 4.57 Å². The molecule has 0 atom stereocenters. The number of benzene rings is 9. The minimum atomic E-state index is 0.889. The lowest BCUT2D eigenvalue weighted by atomic mass is 9.97. The van der Waals surface area contributed by atoms with Crippen LogP contribution < -0.4 is 4.90 Å². The van der Waals surface area contributed by atoms with Crippen LogP contribution in [0.3, 0.4) is 0 Å². The van der Waals surface area contributed by atoms with E-state index in [0.29, 0.717) is 0 Å². The molecule has 0 bridgehead atoms. The van der Waals surface area contributed by atoms with Crippen LogP contribution in [0.1, 0.15) is 0 Å². The van der Waals surface area contributed by atoms with Gasteiger partial charge in [0.1, 0.15) is 11.2 Å². The van der Waals surface area contributed by atoms with Crippen molar-refractivity contribution in [3.05, 3.63) is 206 Å². The monoisotopic (exact) mass is 702 g/mol. The van der Waals surface area contributed by atoms with Gasteiger partial charge in [0.05, 0.1) is 11.0 Å². The molecular weight excluding hydrogens is 669 g/mol. The van der Waals surface area contributed by atoms with Crippen molar-refractivity contribution in [1.29, 1.82) is 0 Å². The Bertz CT molecular complexity index is 3170. The van der Waals surface area contributed by atoms with E-state index in [9.17, 15) is 0 Å². The molecule has 11 rings (SSSR count). The Kier molecular flexibility index (Phi) is 7.17. The van der Waals surface area contributed by atoms with Crippen LogP contribution in [0.4, 0.5) is 17.1 Å². The number of anilines is 3. The first-order valence-corrected chi connectivity index (χ1v) is 18.8. The van der Waals surface area contributed by atoms with Crippen LogP contribution in [0.25, 0.3) is 82.5 Å². The van der Waals surface area contributed by atoms with Crippen molar-refractivity contribution in [1.82, 2.24) is 4.57 Å². The van der Waals surface area contributed by atoms with Crippen molar-refractivity contribution in [2.24, 2.45) is 0 Å². The summed E-state index contributed by atoms with van der Waals surface area (Å²) in [6.07, 6.45) is 0. The second kappa shape index (κ2) is 12.6. The Morgan fingerprint density at radius 1 is 0.382 bits per heavy atom. The van der Waals surface area contributed by atoms with E-state index in [4.69, 9.17) is 4.42 Å². The number of rotatable bonds is 6. The van der Waals surface area contributed by atoms with E-state index in [2.05, 4.69) is 216 Å². The van der Waals surface area contributed by atoms with Gasteiger partial charge in [-0.25, -0.2) is 0 Å². The molecule has 258 valence electrons. The Hall–Kier alpha value is -7.36. The maximum Gasteiger partial charge on any atom is 0.143 e. The van der Waals surface area contributed by atoms with Crippen LogP contribution in [0.15, 0.2) is 211 Å². The normalized spacial score (nSPS) is 11.6. The largest absolute Gasteiger partial charge is 0.455 e. The maximum absolute atomic E-state index is 6.60. The molecule has 0 unspecified atom stereocenters. The summed E-state index contributed by atoms with van der Waals surface area (Å²) in [6.45, 7) is 0. The third-order valence-electron chi connectivity index (χ3n) is 10.9. The van der Waals surface area contributed by atoms with Crippen molar-refractivity contribution in [3.63, 3.8) is 0 Å². The fraction of sp³-hybridized carbons (Fsp3) is 0. The molecule has 3 nitrogen and oxygen atoms in total. The van der Waals surface area contributed by atoms with Gasteiger partial charge in [0, 0.05) is 49.7 Å². The van der Waals surface area contributed by atoms with Crippen molar-refractivity contribution < 1.29 is 4.42 Å². The quantitative estimate of drug-likeness (QED) is 0.172. The Morgan fingerprint density at radius 3 is 1.73 bits per heavy atom. The zero-order valence-electron chi connectivity index (χ0n) is 29.9. The lowest BCUT2D eigenvalue weighted by molar-refractivity contribution is 0.673. The average Bonchev–Trinajstić information content (AvgIpc) is 3.81. The average molecular weight is 703 g/mol. The molecule has 0 aliphatic carbocycles. The molecule has 0 amide bonds. The highest BCUT2D eigenvalue weighted by Crippen LogP contribution is 2.43. The van der Waals surface area contributed by atoms with E-state index in [1.807, 2.05) is 0 Å². The molecule has 0 aliphatic rings. The van der Waals surface area contributed by atoms with E-state index < -0.39 is 0 Å². The summed E-state index contributed by atoms with van der Waals surface area (Å²) in [5, 5.41) is 7.06. The molecular formula is C52H34N2O. The summed E-state index contributed by atoms with van der Waals surface area (Å²) in [7, 11) is 0. The summed E-state index contributed by atoms with van der Waals surface area (Å²) >= 11 is 0. The molecule has 0 spiro atoms. The number of furan rings is 1. The summed E-state index contributed by atoms with van der Waals surface area (Å²) in [6, 6.07) is 73.9. The highest BCUT2D eigenvalue weighted by molar-refractivity contribution is 6.19. The van der Waals surface area contributed by atoms with Gasteiger partial charge in [0.25, 0.3) is 0 Å². The number of nitrogens with zero attached hydrogens (tertiary/aromatic N) is 2. The second-order valence-electron chi connectivity index (χ2n) is 14.1. The van der Waals surface area contributed by atoms with Gasteiger partial charge in [0.2, 0.25) is 0 Å². The van der Waals surface area contributed by atoms with Crippen LogP contribution in [-0.2, 0) is 0 Å². The summed E-state index contributed by atoms with van der Waals surface area (Å²) < 4.78 is 8.98. The predicted molar refractivity (Wildman–Crippen MR) is 231 cm³/mol. The minimum Gasteiger partial charge on any atom is -0.455 e. The molecule has 0 radical (unpaired) electrons. The standard InChI is InChI=1S/C52H34N2O/c1-2-14-35(15-3-1)37-17-10-19-39(32-37)53(41-21-12-22-42(34-41)54-48-27-8-6-24-45(48)46-25-7-9-28-49(46)54)40-20-11-18-38(33-40)43-26-13-29-50-51(43)47-31-30-36-16-4-5-23-44(36)52(47)55-50/h1-34H. The van der Waals surface area contributed by atoms with Crippen LogP contribution >= 0.6 is 0 Å². The van der Waals surface area contributed by atoms with Crippen LogP contribution in [0.5, 0.6) is 0 Å². The van der Waals surface area contributed by atoms with Gasteiger partial charge >= 0.3 is 0 Å².